The van der Waals surface area contributed by atoms with Crippen LogP contribution in [0.4, 0.5) is 9.18 Å². The number of methoxy groups -OCH3 is 1. The Labute approximate surface area is 129 Å². The third-order valence-electron chi connectivity index (χ3n) is 4.03. The van der Waals surface area contributed by atoms with E-state index in [0.717, 1.165) is 31.2 Å². The molecule has 1 saturated carbocycles. The van der Waals surface area contributed by atoms with Gasteiger partial charge in [0.1, 0.15) is 0 Å². The van der Waals surface area contributed by atoms with Crippen molar-refractivity contribution in [1.29, 1.82) is 0 Å². The first kappa shape index (κ1) is 16.5. The number of amides is 2. The van der Waals surface area contributed by atoms with Gasteiger partial charge in [0.15, 0.2) is 11.6 Å². The van der Waals surface area contributed by atoms with Crippen molar-refractivity contribution in [2.45, 2.75) is 37.7 Å². The van der Waals surface area contributed by atoms with E-state index in [0.29, 0.717) is 13.0 Å². The molecule has 0 unspecified atom stereocenters. The Kier molecular flexibility index (Phi) is 5.60. The van der Waals surface area contributed by atoms with Gasteiger partial charge < -0.3 is 20.5 Å². The number of halogens is 1. The topological polar surface area (TPSA) is 70.6 Å². The van der Waals surface area contributed by atoms with E-state index in [4.69, 9.17) is 4.74 Å². The number of nitrogens with one attached hydrogen (secondary N) is 2. The molecule has 0 spiro atoms. The first-order valence-corrected chi connectivity index (χ1v) is 7.59. The van der Waals surface area contributed by atoms with Crippen molar-refractivity contribution in [3.63, 3.8) is 0 Å². The van der Waals surface area contributed by atoms with E-state index in [1.807, 2.05) is 0 Å². The molecule has 1 fully saturated rings. The lowest BCUT2D eigenvalue weighted by molar-refractivity contribution is 0.0501. The molecule has 0 radical (unpaired) electrons. The molecule has 22 heavy (non-hydrogen) atoms. The van der Waals surface area contributed by atoms with E-state index in [-0.39, 0.29) is 18.3 Å². The zero-order chi connectivity index (χ0) is 16.0. The molecule has 1 aromatic rings. The van der Waals surface area contributed by atoms with Crippen molar-refractivity contribution in [2.75, 3.05) is 20.2 Å². The molecule has 0 saturated heterocycles. The first-order valence-electron chi connectivity index (χ1n) is 7.59. The number of aliphatic hydroxyl groups is 1. The highest BCUT2D eigenvalue weighted by Gasteiger charge is 2.31. The molecule has 1 aliphatic carbocycles. The Morgan fingerprint density at radius 2 is 2.09 bits per heavy atom. The monoisotopic (exact) mass is 310 g/mol. The van der Waals surface area contributed by atoms with E-state index in [9.17, 15) is 14.3 Å². The van der Waals surface area contributed by atoms with Gasteiger partial charge in [-0.05, 0) is 37.0 Å². The maximum atomic E-state index is 13.3. The molecule has 0 aliphatic heterocycles. The molecule has 0 atom stereocenters. The van der Waals surface area contributed by atoms with Gasteiger partial charge >= 0.3 is 6.03 Å². The number of hydrogen-bond donors (Lipinski definition) is 3. The largest absolute Gasteiger partial charge is 0.494 e. The molecule has 2 amide bonds. The fraction of sp³-hybridized carbons (Fsp3) is 0.562. The first-order chi connectivity index (χ1) is 10.5. The third-order valence-corrected chi connectivity index (χ3v) is 4.03. The van der Waals surface area contributed by atoms with Gasteiger partial charge in [-0.25, -0.2) is 9.18 Å². The Balaban J connectivity index is 1.70. The molecule has 0 heterocycles. The lowest BCUT2D eigenvalue weighted by Gasteiger charge is -2.22. The van der Waals surface area contributed by atoms with Gasteiger partial charge in [-0.15, -0.1) is 0 Å². The van der Waals surface area contributed by atoms with Crippen molar-refractivity contribution >= 4 is 6.03 Å². The molecule has 1 aliphatic rings. The van der Waals surface area contributed by atoms with Crippen LogP contribution >= 0.6 is 0 Å². The number of ether oxygens (including phenoxy) is 1. The summed E-state index contributed by atoms with van der Waals surface area (Å²) in [4.78, 5) is 11.7. The number of rotatable bonds is 6. The van der Waals surface area contributed by atoms with E-state index >= 15 is 0 Å². The molecular formula is C16H23FN2O3. The Morgan fingerprint density at radius 3 is 2.77 bits per heavy atom. The summed E-state index contributed by atoms with van der Waals surface area (Å²) < 4.78 is 18.2. The van der Waals surface area contributed by atoms with Crippen LogP contribution in [-0.4, -0.2) is 36.9 Å². The van der Waals surface area contributed by atoms with Gasteiger partial charge in [0, 0.05) is 13.1 Å². The van der Waals surface area contributed by atoms with Crippen molar-refractivity contribution in [3.05, 3.63) is 29.6 Å². The summed E-state index contributed by atoms with van der Waals surface area (Å²) in [5.74, 6) is -0.202. The number of benzene rings is 1. The maximum absolute atomic E-state index is 13.3. The molecule has 3 N–H and O–H groups in total. The molecular weight excluding hydrogens is 287 g/mol. The summed E-state index contributed by atoms with van der Waals surface area (Å²) in [6.45, 7) is 0.711. The van der Waals surface area contributed by atoms with E-state index < -0.39 is 11.4 Å². The van der Waals surface area contributed by atoms with Gasteiger partial charge in [-0.2, -0.15) is 0 Å². The van der Waals surface area contributed by atoms with Gasteiger partial charge in [0.05, 0.1) is 12.7 Å². The third kappa shape index (κ3) is 4.59. The quantitative estimate of drug-likeness (QED) is 0.752. The van der Waals surface area contributed by atoms with Crippen LogP contribution in [0.5, 0.6) is 5.75 Å². The van der Waals surface area contributed by atoms with Gasteiger partial charge in [-0.1, -0.05) is 18.9 Å². The number of urea groups is 1. The highest BCUT2D eigenvalue weighted by Crippen LogP contribution is 2.28. The fourth-order valence-corrected chi connectivity index (χ4v) is 2.70. The highest BCUT2D eigenvalue weighted by molar-refractivity contribution is 5.73. The van der Waals surface area contributed by atoms with E-state index in [2.05, 4.69) is 10.6 Å². The van der Waals surface area contributed by atoms with Crippen LogP contribution < -0.4 is 15.4 Å². The van der Waals surface area contributed by atoms with Gasteiger partial charge in [-0.3, -0.25) is 0 Å². The number of carbonyl (C=O) groups excluding carboxylic acids is 1. The second-order valence-electron chi connectivity index (χ2n) is 5.76. The summed E-state index contributed by atoms with van der Waals surface area (Å²) >= 11 is 0. The molecule has 2 rings (SSSR count). The normalized spacial score (nSPS) is 16.3. The van der Waals surface area contributed by atoms with Gasteiger partial charge in [0.25, 0.3) is 0 Å². The van der Waals surface area contributed by atoms with Crippen molar-refractivity contribution in [2.24, 2.45) is 0 Å². The summed E-state index contributed by atoms with van der Waals surface area (Å²) in [6, 6.07) is 4.34. The summed E-state index contributed by atoms with van der Waals surface area (Å²) in [6.07, 6.45) is 4.07. The Morgan fingerprint density at radius 1 is 1.36 bits per heavy atom. The molecule has 0 aromatic heterocycles. The smallest absolute Gasteiger partial charge is 0.314 e. The Hall–Kier alpha value is -1.82. The molecule has 5 nitrogen and oxygen atoms in total. The minimum Gasteiger partial charge on any atom is -0.494 e. The van der Waals surface area contributed by atoms with Crippen LogP contribution in [0, 0.1) is 5.82 Å². The van der Waals surface area contributed by atoms with Crippen LogP contribution in [0.3, 0.4) is 0 Å². The van der Waals surface area contributed by atoms with E-state index in [1.54, 1.807) is 12.1 Å². The maximum Gasteiger partial charge on any atom is 0.314 e. The Bertz CT molecular complexity index is 516. The van der Waals surface area contributed by atoms with Crippen LogP contribution in [0.25, 0.3) is 0 Å². The lowest BCUT2D eigenvalue weighted by atomic mass is 10.0. The highest BCUT2D eigenvalue weighted by atomic mass is 19.1. The average molecular weight is 310 g/mol. The average Bonchev–Trinajstić information content (AvgIpc) is 2.94. The lowest BCUT2D eigenvalue weighted by Crippen LogP contribution is -2.45. The standard InChI is InChI=1S/C16H23FN2O3/c1-22-14-10-12(4-5-13(14)17)6-9-18-15(20)19-11-16(21)7-2-3-8-16/h4-5,10,21H,2-3,6-9,11H2,1H3,(H2,18,19,20). The number of carbonyl (C=O) groups is 1. The zero-order valence-electron chi connectivity index (χ0n) is 12.8. The zero-order valence-corrected chi connectivity index (χ0v) is 12.8. The SMILES string of the molecule is COc1cc(CCNC(=O)NCC2(O)CCCC2)ccc1F. The summed E-state index contributed by atoms with van der Waals surface area (Å²) in [5, 5.41) is 15.6. The fourth-order valence-electron chi connectivity index (χ4n) is 2.70. The molecule has 0 bridgehead atoms. The molecule has 1 aromatic carbocycles. The predicted molar refractivity (Wildman–Crippen MR) is 81.5 cm³/mol. The second kappa shape index (κ2) is 7.45. The van der Waals surface area contributed by atoms with E-state index in [1.165, 1.54) is 13.2 Å². The van der Waals surface area contributed by atoms with Gasteiger partial charge in [0.2, 0.25) is 0 Å². The van der Waals surface area contributed by atoms with Crippen LogP contribution in [-0.2, 0) is 6.42 Å². The summed E-state index contributed by atoms with van der Waals surface area (Å²) in [5.41, 5.74) is 0.134. The van der Waals surface area contributed by atoms with Crippen LogP contribution in [0.15, 0.2) is 18.2 Å². The molecule has 122 valence electrons. The van der Waals surface area contributed by atoms with Crippen molar-refractivity contribution < 1.29 is 19.0 Å². The number of hydrogen-bond acceptors (Lipinski definition) is 3. The van der Waals surface area contributed by atoms with Crippen molar-refractivity contribution in [3.8, 4) is 5.75 Å². The minimum atomic E-state index is -0.748. The minimum absolute atomic E-state index is 0.199. The second-order valence-corrected chi connectivity index (χ2v) is 5.76. The van der Waals surface area contributed by atoms with Crippen LogP contribution in [0.1, 0.15) is 31.2 Å². The van der Waals surface area contributed by atoms with Crippen molar-refractivity contribution in [1.82, 2.24) is 10.6 Å². The molecule has 6 heteroatoms. The van der Waals surface area contributed by atoms with Crippen LogP contribution in [0.2, 0.25) is 0 Å². The predicted octanol–water partition coefficient (Wildman–Crippen LogP) is 1.98. The summed E-state index contributed by atoms with van der Waals surface area (Å²) in [7, 11) is 1.42.